The van der Waals surface area contributed by atoms with Gasteiger partial charge in [0.2, 0.25) is 0 Å². The van der Waals surface area contributed by atoms with E-state index in [9.17, 15) is 9.59 Å². The summed E-state index contributed by atoms with van der Waals surface area (Å²) in [6.07, 6.45) is 1.63. The third kappa shape index (κ3) is 2.61. The minimum absolute atomic E-state index is 0.274. The summed E-state index contributed by atoms with van der Waals surface area (Å²) in [6, 6.07) is 1.51. The maximum atomic E-state index is 11.9. The molecule has 0 aromatic carbocycles. The highest BCUT2D eigenvalue weighted by atomic mass is 16.2. The van der Waals surface area contributed by atoms with Gasteiger partial charge in [-0.1, -0.05) is 0 Å². The predicted molar refractivity (Wildman–Crippen MR) is 95.2 cm³/mol. The van der Waals surface area contributed by atoms with Crippen LogP contribution in [0.3, 0.4) is 0 Å². The summed E-state index contributed by atoms with van der Waals surface area (Å²) in [5.74, 6) is 2.66. The molecule has 8 heteroatoms. The maximum absolute atomic E-state index is 11.9. The van der Waals surface area contributed by atoms with Crippen LogP contribution in [0.4, 0.5) is 11.6 Å². The van der Waals surface area contributed by atoms with Crippen molar-refractivity contribution in [3.63, 3.8) is 0 Å². The third-order valence-electron chi connectivity index (χ3n) is 5.57. The van der Waals surface area contributed by atoms with Gasteiger partial charge < -0.3 is 9.80 Å². The van der Waals surface area contributed by atoms with E-state index in [1.54, 1.807) is 6.33 Å². The van der Waals surface area contributed by atoms with Gasteiger partial charge in [0.15, 0.2) is 0 Å². The molecule has 0 saturated carbocycles. The Bertz CT molecular complexity index is 888. The van der Waals surface area contributed by atoms with E-state index in [-0.39, 0.29) is 11.2 Å². The first kappa shape index (κ1) is 15.9. The zero-order valence-electron chi connectivity index (χ0n) is 14.7. The standard InChI is InChI=1S/C17H22N6O2/c1-10-11(2)18-9-19-16(10)23-7-12-5-22(6-13(12)8-23)14-4-15(24)21(3)17(25)20-14/h4,9,12-13H,5-8H2,1-3H3,(H,20,25). The van der Waals surface area contributed by atoms with E-state index in [1.165, 1.54) is 13.1 Å². The number of nitrogens with zero attached hydrogens (tertiary/aromatic N) is 5. The summed E-state index contributed by atoms with van der Waals surface area (Å²) in [7, 11) is 1.48. The van der Waals surface area contributed by atoms with Crippen LogP contribution in [0.2, 0.25) is 0 Å². The Morgan fingerprint density at radius 2 is 1.68 bits per heavy atom. The number of aromatic nitrogens is 4. The maximum Gasteiger partial charge on any atom is 0.329 e. The Kier molecular flexibility index (Phi) is 3.63. The van der Waals surface area contributed by atoms with Crippen molar-refractivity contribution in [1.82, 2.24) is 19.5 Å². The Morgan fingerprint density at radius 3 is 2.32 bits per heavy atom. The summed E-state index contributed by atoms with van der Waals surface area (Å²) >= 11 is 0. The van der Waals surface area contributed by atoms with Crippen LogP contribution >= 0.6 is 0 Å². The van der Waals surface area contributed by atoms with Crippen molar-refractivity contribution in [1.29, 1.82) is 0 Å². The lowest BCUT2D eigenvalue weighted by molar-refractivity contribution is 0.533. The molecule has 2 atom stereocenters. The van der Waals surface area contributed by atoms with Gasteiger partial charge in [-0.15, -0.1) is 0 Å². The Hall–Kier alpha value is -2.64. The number of aryl methyl sites for hydroxylation is 1. The molecule has 132 valence electrons. The van der Waals surface area contributed by atoms with Crippen LogP contribution in [0.15, 0.2) is 22.0 Å². The second-order valence-electron chi connectivity index (χ2n) is 7.09. The van der Waals surface area contributed by atoms with Gasteiger partial charge in [0.05, 0.1) is 0 Å². The van der Waals surface area contributed by atoms with E-state index in [4.69, 9.17) is 0 Å². The number of hydrogen-bond donors (Lipinski definition) is 1. The first-order valence-corrected chi connectivity index (χ1v) is 8.52. The minimum Gasteiger partial charge on any atom is -0.357 e. The average Bonchev–Trinajstić information content (AvgIpc) is 3.13. The molecular weight excluding hydrogens is 320 g/mol. The molecule has 0 aliphatic carbocycles. The fraction of sp³-hybridized carbons (Fsp3) is 0.529. The van der Waals surface area contributed by atoms with Gasteiger partial charge in [-0.3, -0.25) is 14.3 Å². The molecular formula is C17H22N6O2. The van der Waals surface area contributed by atoms with E-state index in [2.05, 4.69) is 31.7 Å². The fourth-order valence-electron chi connectivity index (χ4n) is 3.92. The predicted octanol–water partition coefficient (Wildman–Crippen LogP) is 0.0530. The normalized spacial score (nSPS) is 22.5. The number of H-pyrrole nitrogens is 1. The molecule has 1 N–H and O–H groups in total. The molecule has 0 radical (unpaired) electrons. The van der Waals surface area contributed by atoms with Gasteiger partial charge in [0, 0.05) is 62.4 Å². The summed E-state index contributed by atoms with van der Waals surface area (Å²) in [6.45, 7) is 7.63. The van der Waals surface area contributed by atoms with Crippen LogP contribution in [0.5, 0.6) is 0 Å². The molecule has 4 rings (SSSR count). The number of nitrogens with one attached hydrogen (secondary N) is 1. The van der Waals surface area contributed by atoms with Crippen LogP contribution < -0.4 is 21.0 Å². The summed E-state index contributed by atoms with van der Waals surface area (Å²) < 4.78 is 1.09. The monoisotopic (exact) mass is 342 g/mol. The molecule has 2 aliphatic heterocycles. The summed E-state index contributed by atoms with van der Waals surface area (Å²) in [5.41, 5.74) is 1.51. The van der Waals surface area contributed by atoms with Gasteiger partial charge in [0.25, 0.3) is 5.56 Å². The molecule has 0 bridgehead atoms. The average molecular weight is 342 g/mol. The molecule has 2 saturated heterocycles. The van der Waals surface area contributed by atoms with Gasteiger partial charge in [-0.2, -0.15) is 0 Å². The fourth-order valence-corrected chi connectivity index (χ4v) is 3.92. The molecule has 0 amide bonds. The number of aromatic amines is 1. The summed E-state index contributed by atoms with van der Waals surface area (Å²) in [5, 5.41) is 0. The lowest BCUT2D eigenvalue weighted by Crippen LogP contribution is -2.36. The van der Waals surface area contributed by atoms with Crippen molar-refractivity contribution in [3.8, 4) is 0 Å². The van der Waals surface area contributed by atoms with Crippen molar-refractivity contribution < 1.29 is 0 Å². The third-order valence-corrected chi connectivity index (χ3v) is 5.57. The van der Waals surface area contributed by atoms with Gasteiger partial charge in [-0.25, -0.2) is 14.8 Å². The molecule has 2 aliphatic rings. The largest absolute Gasteiger partial charge is 0.357 e. The van der Waals surface area contributed by atoms with Crippen LogP contribution in [0.25, 0.3) is 0 Å². The van der Waals surface area contributed by atoms with Crippen molar-refractivity contribution in [2.75, 3.05) is 36.0 Å². The molecule has 0 spiro atoms. The zero-order chi connectivity index (χ0) is 17.7. The Labute approximate surface area is 145 Å². The van der Waals surface area contributed by atoms with Crippen LogP contribution in [-0.2, 0) is 7.05 Å². The van der Waals surface area contributed by atoms with E-state index < -0.39 is 0 Å². The molecule has 25 heavy (non-hydrogen) atoms. The topological polar surface area (TPSA) is 87.1 Å². The quantitative estimate of drug-likeness (QED) is 0.830. The highest BCUT2D eigenvalue weighted by Crippen LogP contribution is 2.35. The number of hydrogen-bond acceptors (Lipinski definition) is 6. The summed E-state index contributed by atoms with van der Waals surface area (Å²) in [4.78, 5) is 39.7. The SMILES string of the molecule is Cc1ncnc(N2CC3CN(c4cc(=O)n(C)c(=O)[nH]4)CC3C2)c1C. The van der Waals surface area contributed by atoms with Crippen molar-refractivity contribution >= 4 is 11.6 Å². The molecule has 8 nitrogen and oxygen atoms in total. The van der Waals surface area contributed by atoms with E-state index >= 15 is 0 Å². The van der Waals surface area contributed by atoms with Gasteiger partial charge in [0.1, 0.15) is 18.0 Å². The van der Waals surface area contributed by atoms with Crippen LogP contribution in [0, 0.1) is 25.7 Å². The smallest absolute Gasteiger partial charge is 0.329 e. The van der Waals surface area contributed by atoms with E-state index in [0.29, 0.717) is 17.7 Å². The Balaban J connectivity index is 1.52. The number of anilines is 2. The second-order valence-corrected chi connectivity index (χ2v) is 7.09. The first-order valence-electron chi connectivity index (χ1n) is 8.52. The van der Waals surface area contributed by atoms with E-state index in [0.717, 1.165) is 47.8 Å². The van der Waals surface area contributed by atoms with Crippen molar-refractivity contribution in [2.24, 2.45) is 18.9 Å². The zero-order valence-corrected chi connectivity index (χ0v) is 14.7. The molecule has 4 heterocycles. The lowest BCUT2D eigenvalue weighted by Gasteiger charge is -2.24. The van der Waals surface area contributed by atoms with Gasteiger partial charge in [-0.05, 0) is 13.8 Å². The molecule has 2 aromatic rings. The Morgan fingerprint density at radius 1 is 1.04 bits per heavy atom. The number of rotatable bonds is 2. The molecule has 2 fully saturated rings. The van der Waals surface area contributed by atoms with Gasteiger partial charge >= 0.3 is 5.69 Å². The number of fused-ring (bicyclic) bond motifs is 1. The minimum atomic E-state index is -0.367. The van der Waals surface area contributed by atoms with Crippen LogP contribution in [-0.4, -0.2) is 45.7 Å². The first-order chi connectivity index (χ1) is 11.9. The van der Waals surface area contributed by atoms with Crippen molar-refractivity contribution in [2.45, 2.75) is 13.8 Å². The highest BCUT2D eigenvalue weighted by molar-refractivity contribution is 5.50. The van der Waals surface area contributed by atoms with Crippen molar-refractivity contribution in [3.05, 3.63) is 44.5 Å². The van der Waals surface area contributed by atoms with Crippen LogP contribution in [0.1, 0.15) is 11.3 Å². The van der Waals surface area contributed by atoms with E-state index in [1.807, 2.05) is 6.92 Å². The molecule has 2 aromatic heterocycles. The lowest BCUT2D eigenvalue weighted by atomic mass is 10.0. The highest BCUT2D eigenvalue weighted by Gasteiger charge is 2.41. The molecule has 2 unspecified atom stereocenters. The second kappa shape index (κ2) is 5.72.